The van der Waals surface area contributed by atoms with Gasteiger partial charge in [0, 0.05) is 17.1 Å². The molecule has 0 N–H and O–H groups in total. The third-order valence-electron chi connectivity index (χ3n) is 3.40. The summed E-state index contributed by atoms with van der Waals surface area (Å²) in [7, 11) is 0. The lowest BCUT2D eigenvalue weighted by Gasteiger charge is -2.17. The maximum absolute atomic E-state index is 13.9. The third-order valence-corrected chi connectivity index (χ3v) is 4.64. The molecule has 0 saturated carbocycles. The Labute approximate surface area is 153 Å². The molecule has 0 aliphatic carbocycles. The second-order valence-electron chi connectivity index (χ2n) is 5.08. The average Bonchev–Trinajstić information content (AvgIpc) is 3.10. The number of anilines is 1. The van der Waals surface area contributed by atoms with Crippen LogP contribution in [0.4, 0.5) is 9.52 Å². The van der Waals surface area contributed by atoms with Gasteiger partial charge in [0.25, 0.3) is 5.91 Å². The molecule has 0 unspecified atom stereocenters. The van der Waals surface area contributed by atoms with Gasteiger partial charge in [0.15, 0.2) is 0 Å². The van der Waals surface area contributed by atoms with Crippen LogP contribution < -0.4 is 4.90 Å². The highest BCUT2D eigenvalue weighted by Gasteiger charge is 2.23. The van der Waals surface area contributed by atoms with Crippen molar-refractivity contribution < 1.29 is 9.18 Å². The fraction of sp³-hybridized carbons (Fsp3) is 0.0556. The van der Waals surface area contributed by atoms with E-state index in [4.69, 9.17) is 11.6 Å². The van der Waals surface area contributed by atoms with Crippen LogP contribution in [0.5, 0.6) is 0 Å². The molecule has 0 aliphatic heterocycles. The lowest BCUT2D eigenvalue weighted by atomic mass is 10.2. The van der Waals surface area contributed by atoms with Gasteiger partial charge >= 0.3 is 0 Å². The van der Waals surface area contributed by atoms with Crippen LogP contribution in [0.2, 0.25) is 5.02 Å². The minimum absolute atomic E-state index is 0.0207. The topological polar surface area (TPSA) is 46.1 Å². The molecule has 0 fully saturated rings. The number of rotatable bonds is 5. The van der Waals surface area contributed by atoms with E-state index in [1.54, 1.807) is 24.3 Å². The standard InChI is InChI=1S/C18H13ClFN3OS/c1-2-11-23(17(24)14-5-3-4-6-15(14)20)18-22-21-16(25-18)12-7-9-13(19)10-8-12/h2-10H,1,11H2. The molecule has 0 aliphatic rings. The van der Waals surface area contributed by atoms with E-state index in [-0.39, 0.29) is 12.1 Å². The van der Waals surface area contributed by atoms with E-state index in [0.29, 0.717) is 15.2 Å². The van der Waals surface area contributed by atoms with Gasteiger partial charge in [0.05, 0.1) is 5.56 Å². The Hall–Kier alpha value is -2.57. The molecule has 1 aromatic heterocycles. The molecule has 0 spiro atoms. The summed E-state index contributed by atoms with van der Waals surface area (Å²) in [4.78, 5) is 14.1. The lowest BCUT2D eigenvalue weighted by molar-refractivity contribution is 0.0985. The van der Waals surface area contributed by atoms with Crippen LogP contribution in [0, 0.1) is 5.82 Å². The second-order valence-corrected chi connectivity index (χ2v) is 6.47. The van der Waals surface area contributed by atoms with E-state index in [2.05, 4.69) is 16.8 Å². The zero-order valence-corrected chi connectivity index (χ0v) is 14.6. The van der Waals surface area contributed by atoms with E-state index >= 15 is 0 Å². The lowest BCUT2D eigenvalue weighted by Crippen LogP contribution is -2.31. The molecule has 1 heterocycles. The molecule has 3 aromatic rings. The van der Waals surface area contributed by atoms with Gasteiger partial charge in [-0.1, -0.05) is 53.3 Å². The molecule has 0 saturated heterocycles. The number of amides is 1. The van der Waals surface area contributed by atoms with Gasteiger partial charge in [-0.2, -0.15) is 0 Å². The highest BCUT2D eigenvalue weighted by atomic mass is 35.5. The van der Waals surface area contributed by atoms with Gasteiger partial charge in [-0.25, -0.2) is 4.39 Å². The highest BCUT2D eigenvalue weighted by Crippen LogP contribution is 2.30. The molecule has 0 bridgehead atoms. The van der Waals surface area contributed by atoms with Gasteiger partial charge in [-0.15, -0.1) is 16.8 Å². The summed E-state index contributed by atoms with van der Waals surface area (Å²) < 4.78 is 13.9. The van der Waals surface area contributed by atoms with Crippen molar-refractivity contribution in [3.63, 3.8) is 0 Å². The predicted octanol–water partition coefficient (Wildman–Crippen LogP) is 4.83. The molecule has 3 rings (SSSR count). The van der Waals surface area contributed by atoms with E-state index in [1.807, 2.05) is 12.1 Å². The van der Waals surface area contributed by atoms with Gasteiger partial charge in [0.1, 0.15) is 10.8 Å². The number of halogens is 2. The number of carbonyl (C=O) groups excluding carboxylic acids is 1. The average molecular weight is 374 g/mol. The molecule has 2 aromatic carbocycles. The molecular weight excluding hydrogens is 361 g/mol. The summed E-state index contributed by atoms with van der Waals surface area (Å²) in [6.07, 6.45) is 1.56. The Morgan fingerprint density at radius 1 is 1.20 bits per heavy atom. The largest absolute Gasteiger partial charge is 0.279 e. The first-order valence-corrected chi connectivity index (χ1v) is 8.56. The smallest absolute Gasteiger partial charge is 0.263 e. The number of carbonyl (C=O) groups is 1. The summed E-state index contributed by atoms with van der Waals surface area (Å²) in [5.41, 5.74) is 0.817. The molecule has 126 valence electrons. The Bertz CT molecular complexity index is 911. The van der Waals surface area contributed by atoms with Crippen LogP contribution in [0.15, 0.2) is 61.2 Å². The van der Waals surface area contributed by atoms with Crippen LogP contribution in [-0.2, 0) is 0 Å². The Morgan fingerprint density at radius 3 is 2.60 bits per heavy atom. The van der Waals surface area contributed by atoms with Crippen LogP contribution in [0.25, 0.3) is 10.6 Å². The maximum Gasteiger partial charge on any atom is 0.263 e. The van der Waals surface area contributed by atoms with E-state index in [9.17, 15) is 9.18 Å². The zero-order valence-electron chi connectivity index (χ0n) is 13.0. The fourth-order valence-electron chi connectivity index (χ4n) is 2.19. The van der Waals surface area contributed by atoms with Crippen molar-refractivity contribution in [1.29, 1.82) is 0 Å². The van der Waals surface area contributed by atoms with E-state index < -0.39 is 11.7 Å². The minimum atomic E-state index is -0.580. The quantitative estimate of drug-likeness (QED) is 0.602. The first-order chi connectivity index (χ1) is 12.1. The Morgan fingerprint density at radius 2 is 1.92 bits per heavy atom. The van der Waals surface area contributed by atoms with Crippen molar-refractivity contribution in [2.75, 3.05) is 11.4 Å². The third kappa shape index (κ3) is 3.75. The number of aromatic nitrogens is 2. The van der Waals surface area contributed by atoms with Gasteiger partial charge < -0.3 is 0 Å². The van der Waals surface area contributed by atoms with Crippen molar-refractivity contribution in [3.05, 3.63) is 77.6 Å². The van der Waals surface area contributed by atoms with Gasteiger partial charge in [-0.05, 0) is 24.3 Å². The maximum atomic E-state index is 13.9. The van der Waals surface area contributed by atoms with E-state index in [0.717, 1.165) is 5.56 Å². The molecule has 1 amide bonds. The number of hydrogen-bond donors (Lipinski definition) is 0. The molecule has 0 atom stereocenters. The molecule has 25 heavy (non-hydrogen) atoms. The summed E-state index contributed by atoms with van der Waals surface area (Å²) >= 11 is 7.13. The summed E-state index contributed by atoms with van der Waals surface area (Å²) in [5, 5.41) is 9.84. The number of hydrogen-bond acceptors (Lipinski definition) is 4. The molecule has 7 heteroatoms. The van der Waals surface area contributed by atoms with Crippen LogP contribution in [0.3, 0.4) is 0 Å². The predicted molar refractivity (Wildman–Crippen MR) is 98.6 cm³/mol. The molecule has 0 radical (unpaired) electrons. The zero-order chi connectivity index (χ0) is 17.8. The van der Waals surface area contributed by atoms with Crippen molar-refractivity contribution in [2.45, 2.75) is 0 Å². The monoisotopic (exact) mass is 373 g/mol. The second kappa shape index (κ2) is 7.55. The van der Waals surface area contributed by atoms with Crippen LogP contribution >= 0.6 is 22.9 Å². The van der Waals surface area contributed by atoms with Crippen molar-refractivity contribution >= 4 is 34.0 Å². The normalized spacial score (nSPS) is 10.5. The number of nitrogens with zero attached hydrogens (tertiary/aromatic N) is 3. The number of benzene rings is 2. The van der Waals surface area contributed by atoms with Crippen molar-refractivity contribution in [2.24, 2.45) is 0 Å². The summed E-state index contributed by atoms with van der Waals surface area (Å²) in [6.45, 7) is 3.85. The van der Waals surface area contributed by atoms with Crippen LogP contribution in [-0.4, -0.2) is 22.6 Å². The summed E-state index contributed by atoms with van der Waals surface area (Å²) in [6, 6.07) is 13.0. The van der Waals surface area contributed by atoms with Crippen LogP contribution in [0.1, 0.15) is 10.4 Å². The summed E-state index contributed by atoms with van der Waals surface area (Å²) in [5.74, 6) is -1.07. The Kier molecular flexibility index (Phi) is 5.21. The SMILES string of the molecule is C=CCN(C(=O)c1ccccc1F)c1nnc(-c2ccc(Cl)cc2)s1. The van der Waals surface area contributed by atoms with Crippen molar-refractivity contribution in [1.82, 2.24) is 10.2 Å². The van der Waals surface area contributed by atoms with Gasteiger partial charge in [-0.3, -0.25) is 9.69 Å². The van der Waals surface area contributed by atoms with Gasteiger partial charge in [0.2, 0.25) is 5.13 Å². The Balaban J connectivity index is 1.94. The van der Waals surface area contributed by atoms with Crippen molar-refractivity contribution in [3.8, 4) is 10.6 Å². The molecule has 4 nitrogen and oxygen atoms in total. The van der Waals surface area contributed by atoms with E-state index in [1.165, 1.54) is 34.4 Å². The minimum Gasteiger partial charge on any atom is -0.279 e. The molecular formula is C18H13ClFN3OS. The fourth-order valence-corrected chi connectivity index (χ4v) is 3.17. The first kappa shape index (κ1) is 17.3. The first-order valence-electron chi connectivity index (χ1n) is 7.37. The highest BCUT2D eigenvalue weighted by molar-refractivity contribution is 7.18.